The molecule has 5 rings (SSSR count). The normalized spacial score (nSPS) is 19.0. The molecule has 1 aromatic carbocycles. The second kappa shape index (κ2) is 11.4. The zero-order chi connectivity index (χ0) is 24.9. The monoisotopic (exact) mass is 491 g/mol. The van der Waals surface area contributed by atoms with E-state index < -0.39 is 0 Å². The van der Waals surface area contributed by atoms with Crippen molar-refractivity contribution in [1.82, 2.24) is 25.3 Å². The van der Waals surface area contributed by atoms with Crippen LogP contribution in [0, 0.1) is 13.8 Å². The number of benzene rings is 1. The van der Waals surface area contributed by atoms with Crippen LogP contribution >= 0.6 is 0 Å². The van der Waals surface area contributed by atoms with Gasteiger partial charge in [-0.25, -0.2) is 9.97 Å². The molecule has 192 valence electrons. The molecule has 2 saturated heterocycles. The summed E-state index contributed by atoms with van der Waals surface area (Å²) in [7, 11) is 0. The smallest absolute Gasteiger partial charge is 0.227 e. The summed E-state index contributed by atoms with van der Waals surface area (Å²) in [6.45, 7) is 9.83. The standard InChI is InChI=1S/C27H37N7O2/c1-18-16-30-27(32-25(18)24-19(2)36-33-26(24)20-7-11-28-17-20)31-22-6-3-5-21(15-22)29-10-4-12-34-13-8-23(35)9-14-34/h3,5-6,15-16,20,23,28-29,35H,4,7-14,17H2,1-2H3,(H,30,31,32). The van der Waals surface area contributed by atoms with E-state index in [0.29, 0.717) is 11.9 Å². The van der Waals surface area contributed by atoms with Crippen molar-refractivity contribution in [3.8, 4) is 11.3 Å². The summed E-state index contributed by atoms with van der Waals surface area (Å²) in [6.07, 6.45) is 5.63. The number of nitrogens with zero attached hydrogens (tertiary/aromatic N) is 4. The Kier molecular flexibility index (Phi) is 7.79. The highest BCUT2D eigenvalue weighted by atomic mass is 16.5. The number of aromatic nitrogens is 3. The predicted octanol–water partition coefficient (Wildman–Crippen LogP) is 3.83. The van der Waals surface area contributed by atoms with E-state index in [1.54, 1.807) is 0 Å². The molecule has 4 heterocycles. The Morgan fingerprint density at radius 3 is 2.81 bits per heavy atom. The maximum atomic E-state index is 9.66. The zero-order valence-electron chi connectivity index (χ0n) is 21.3. The Bertz CT molecular complexity index is 1150. The first-order valence-electron chi connectivity index (χ1n) is 13.1. The van der Waals surface area contributed by atoms with Crippen LogP contribution in [-0.2, 0) is 0 Å². The molecule has 1 unspecified atom stereocenters. The molecular formula is C27H37N7O2. The third kappa shape index (κ3) is 5.86. The van der Waals surface area contributed by atoms with E-state index in [0.717, 1.165) is 105 Å². The van der Waals surface area contributed by atoms with Crippen molar-refractivity contribution < 1.29 is 9.63 Å². The fourth-order valence-electron chi connectivity index (χ4n) is 5.11. The highest BCUT2D eigenvalue weighted by Crippen LogP contribution is 2.35. The molecule has 0 spiro atoms. The second-order valence-corrected chi connectivity index (χ2v) is 9.97. The lowest BCUT2D eigenvalue weighted by molar-refractivity contribution is 0.0825. The molecule has 9 nitrogen and oxygen atoms in total. The molecule has 0 bridgehead atoms. The van der Waals surface area contributed by atoms with Crippen LogP contribution in [0.3, 0.4) is 0 Å². The van der Waals surface area contributed by atoms with Gasteiger partial charge in [0.15, 0.2) is 0 Å². The Hall–Kier alpha value is -3.01. The van der Waals surface area contributed by atoms with Crippen molar-refractivity contribution in [2.75, 3.05) is 49.9 Å². The minimum Gasteiger partial charge on any atom is -0.393 e. The summed E-state index contributed by atoms with van der Waals surface area (Å²) in [5.41, 5.74) is 5.84. The molecule has 0 aliphatic carbocycles. The zero-order valence-corrected chi connectivity index (χ0v) is 21.3. The van der Waals surface area contributed by atoms with E-state index in [4.69, 9.17) is 9.51 Å². The maximum Gasteiger partial charge on any atom is 0.227 e. The lowest BCUT2D eigenvalue weighted by Gasteiger charge is -2.29. The Balaban J connectivity index is 1.23. The van der Waals surface area contributed by atoms with Gasteiger partial charge in [0.05, 0.1) is 23.1 Å². The van der Waals surface area contributed by atoms with Crippen LogP contribution in [0.2, 0.25) is 0 Å². The van der Waals surface area contributed by atoms with E-state index in [1.807, 2.05) is 32.2 Å². The molecule has 2 aliphatic heterocycles. The van der Waals surface area contributed by atoms with Gasteiger partial charge in [0.1, 0.15) is 5.76 Å². The van der Waals surface area contributed by atoms with Gasteiger partial charge in [-0.3, -0.25) is 0 Å². The summed E-state index contributed by atoms with van der Waals surface area (Å²) in [5.74, 6) is 1.68. The van der Waals surface area contributed by atoms with Gasteiger partial charge < -0.3 is 30.5 Å². The molecule has 0 radical (unpaired) electrons. The van der Waals surface area contributed by atoms with E-state index >= 15 is 0 Å². The average Bonchev–Trinajstić information content (AvgIpc) is 3.54. The first kappa shape index (κ1) is 24.7. The Labute approximate surface area is 212 Å². The molecule has 3 aromatic rings. The van der Waals surface area contributed by atoms with Crippen LogP contribution < -0.4 is 16.0 Å². The van der Waals surface area contributed by atoms with Crippen molar-refractivity contribution in [2.24, 2.45) is 0 Å². The van der Waals surface area contributed by atoms with Crippen molar-refractivity contribution in [3.05, 3.63) is 47.5 Å². The molecular weight excluding hydrogens is 454 g/mol. The number of nitrogens with one attached hydrogen (secondary N) is 3. The van der Waals surface area contributed by atoms with Crippen LogP contribution in [-0.4, -0.2) is 70.5 Å². The lowest BCUT2D eigenvalue weighted by Crippen LogP contribution is -2.36. The van der Waals surface area contributed by atoms with Gasteiger partial charge in [-0.1, -0.05) is 11.2 Å². The first-order valence-corrected chi connectivity index (χ1v) is 13.1. The second-order valence-electron chi connectivity index (χ2n) is 9.97. The molecule has 1 atom stereocenters. The van der Waals surface area contributed by atoms with Crippen molar-refractivity contribution >= 4 is 17.3 Å². The third-order valence-corrected chi connectivity index (χ3v) is 7.20. The molecule has 2 aromatic heterocycles. The molecule has 4 N–H and O–H groups in total. The fourth-order valence-corrected chi connectivity index (χ4v) is 5.11. The lowest BCUT2D eigenvalue weighted by atomic mass is 9.96. The number of aliphatic hydroxyl groups excluding tert-OH is 1. The summed E-state index contributed by atoms with van der Waals surface area (Å²) >= 11 is 0. The highest BCUT2D eigenvalue weighted by molar-refractivity contribution is 5.70. The third-order valence-electron chi connectivity index (χ3n) is 7.20. The van der Waals surface area contributed by atoms with Crippen LogP contribution in [0.5, 0.6) is 0 Å². The number of likely N-dealkylation sites (tertiary alicyclic amines) is 1. The molecule has 2 aliphatic rings. The van der Waals surface area contributed by atoms with Crippen molar-refractivity contribution in [2.45, 2.75) is 51.6 Å². The van der Waals surface area contributed by atoms with Crippen LogP contribution in [0.15, 0.2) is 35.0 Å². The van der Waals surface area contributed by atoms with Gasteiger partial charge >= 0.3 is 0 Å². The van der Waals surface area contributed by atoms with Gasteiger partial charge in [0.2, 0.25) is 5.95 Å². The largest absolute Gasteiger partial charge is 0.393 e. The number of aliphatic hydroxyl groups is 1. The molecule has 2 fully saturated rings. The van der Waals surface area contributed by atoms with Crippen molar-refractivity contribution in [1.29, 1.82) is 0 Å². The maximum absolute atomic E-state index is 9.66. The number of hydrogen-bond donors (Lipinski definition) is 4. The number of aryl methyl sites for hydroxylation is 2. The summed E-state index contributed by atoms with van der Waals surface area (Å²) < 4.78 is 5.60. The Morgan fingerprint density at radius 2 is 2.00 bits per heavy atom. The van der Waals surface area contributed by atoms with E-state index in [-0.39, 0.29) is 6.10 Å². The first-order chi connectivity index (χ1) is 17.6. The van der Waals surface area contributed by atoms with Gasteiger partial charge in [-0.05, 0) is 76.4 Å². The van der Waals surface area contributed by atoms with Crippen LogP contribution in [0.4, 0.5) is 17.3 Å². The SMILES string of the molecule is Cc1cnc(Nc2cccc(NCCCN3CCC(O)CC3)c2)nc1-c1c(C2CCNC2)noc1C. The number of rotatable bonds is 9. The predicted molar refractivity (Wildman–Crippen MR) is 142 cm³/mol. The van der Waals surface area contributed by atoms with E-state index in [9.17, 15) is 5.11 Å². The average molecular weight is 492 g/mol. The van der Waals surface area contributed by atoms with Gasteiger partial charge in [0, 0.05) is 49.7 Å². The quantitative estimate of drug-likeness (QED) is 0.332. The molecule has 9 heteroatoms. The minimum absolute atomic E-state index is 0.116. The molecule has 0 amide bonds. The van der Waals surface area contributed by atoms with Crippen molar-refractivity contribution in [3.63, 3.8) is 0 Å². The summed E-state index contributed by atoms with van der Waals surface area (Å²) in [4.78, 5) is 11.8. The van der Waals surface area contributed by atoms with Crippen LogP contribution in [0.25, 0.3) is 11.3 Å². The number of hydrogen-bond acceptors (Lipinski definition) is 9. The van der Waals surface area contributed by atoms with E-state index in [1.165, 1.54) is 0 Å². The molecule has 0 saturated carbocycles. The highest BCUT2D eigenvalue weighted by Gasteiger charge is 2.27. The summed E-state index contributed by atoms with van der Waals surface area (Å²) in [5, 5.41) is 24.4. The number of piperidine rings is 1. The number of anilines is 3. The Morgan fingerprint density at radius 1 is 1.17 bits per heavy atom. The molecule has 36 heavy (non-hydrogen) atoms. The van der Waals surface area contributed by atoms with Gasteiger partial charge in [0.25, 0.3) is 0 Å². The summed E-state index contributed by atoms with van der Waals surface area (Å²) in [6, 6.07) is 8.21. The van der Waals surface area contributed by atoms with Gasteiger partial charge in [-0.2, -0.15) is 0 Å². The topological polar surface area (TPSA) is 111 Å². The van der Waals surface area contributed by atoms with Crippen LogP contribution in [0.1, 0.15) is 48.6 Å². The van der Waals surface area contributed by atoms with E-state index in [2.05, 4.69) is 43.1 Å². The minimum atomic E-state index is -0.116. The fraction of sp³-hybridized carbons (Fsp3) is 0.519. The van der Waals surface area contributed by atoms with Gasteiger partial charge in [-0.15, -0.1) is 0 Å².